The summed E-state index contributed by atoms with van der Waals surface area (Å²) >= 11 is 0. The third-order valence-corrected chi connectivity index (χ3v) is 3.04. The fourth-order valence-corrected chi connectivity index (χ4v) is 2.43. The van der Waals surface area contributed by atoms with Crippen molar-refractivity contribution in [2.24, 2.45) is 0 Å². The molecule has 54 valence electrons. The van der Waals surface area contributed by atoms with Crippen LogP contribution in [0.5, 0.6) is 0 Å². The lowest BCUT2D eigenvalue weighted by molar-refractivity contribution is 0.602. The highest BCUT2D eigenvalue weighted by molar-refractivity contribution is 7.91. The van der Waals surface area contributed by atoms with E-state index >= 15 is 0 Å². The number of nitriles is 1. The van der Waals surface area contributed by atoms with Crippen LogP contribution in [-0.4, -0.2) is 19.9 Å². The minimum absolute atomic E-state index is 0.0839. The first kappa shape index (κ1) is 7.29. The first-order valence-electron chi connectivity index (χ1n) is 2.92. The third-order valence-electron chi connectivity index (χ3n) is 1.41. The fourth-order valence-electron chi connectivity index (χ4n) is 0.919. The summed E-state index contributed by atoms with van der Waals surface area (Å²) in [6.45, 7) is 0. The van der Waals surface area contributed by atoms with E-state index < -0.39 is 9.84 Å². The van der Waals surface area contributed by atoms with Gasteiger partial charge in [0.2, 0.25) is 0 Å². The van der Waals surface area contributed by atoms with Crippen molar-refractivity contribution in [3.8, 4) is 6.07 Å². The molecular formula is C6H7NO2S. The maximum absolute atomic E-state index is 10.8. The van der Waals surface area contributed by atoms with Crippen LogP contribution in [0.15, 0.2) is 11.6 Å². The van der Waals surface area contributed by atoms with E-state index in [0.29, 0.717) is 6.42 Å². The molecular weight excluding hydrogens is 150 g/mol. The Labute approximate surface area is 59.9 Å². The Hall–Kier alpha value is -0.820. The van der Waals surface area contributed by atoms with Crippen molar-refractivity contribution >= 4 is 9.84 Å². The van der Waals surface area contributed by atoms with Gasteiger partial charge in [-0.2, -0.15) is 5.26 Å². The summed E-state index contributed by atoms with van der Waals surface area (Å²) in [5.74, 6) is 0.293. The SMILES string of the molecule is N#CC=C1CCS(=O)(=O)C1. The molecule has 0 N–H and O–H groups in total. The van der Waals surface area contributed by atoms with E-state index in [0.717, 1.165) is 5.57 Å². The molecule has 10 heavy (non-hydrogen) atoms. The van der Waals surface area contributed by atoms with Crippen LogP contribution in [0, 0.1) is 11.3 Å². The van der Waals surface area contributed by atoms with Crippen LogP contribution in [-0.2, 0) is 9.84 Å². The number of rotatable bonds is 0. The van der Waals surface area contributed by atoms with Crippen LogP contribution >= 0.6 is 0 Å². The van der Waals surface area contributed by atoms with Crippen LogP contribution < -0.4 is 0 Å². The van der Waals surface area contributed by atoms with Gasteiger partial charge in [0.25, 0.3) is 0 Å². The first-order chi connectivity index (χ1) is 4.64. The Balaban J connectivity index is 2.81. The van der Waals surface area contributed by atoms with Crippen molar-refractivity contribution in [1.29, 1.82) is 5.26 Å². The Morgan fingerprint density at radius 1 is 1.60 bits per heavy atom. The number of hydrogen-bond donors (Lipinski definition) is 0. The van der Waals surface area contributed by atoms with Gasteiger partial charge in [0.1, 0.15) is 0 Å². The first-order valence-corrected chi connectivity index (χ1v) is 4.74. The lowest BCUT2D eigenvalue weighted by Crippen LogP contribution is -1.99. The lowest BCUT2D eigenvalue weighted by Gasteiger charge is -1.84. The summed E-state index contributed by atoms with van der Waals surface area (Å²) in [5.41, 5.74) is 0.738. The van der Waals surface area contributed by atoms with Crippen molar-refractivity contribution in [3.05, 3.63) is 11.6 Å². The molecule has 1 aliphatic rings. The molecule has 4 heteroatoms. The molecule has 1 aliphatic heterocycles. The van der Waals surface area contributed by atoms with E-state index in [1.54, 1.807) is 0 Å². The second-order valence-electron chi connectivity index (χ2n) is 2.27. The van der Waals surface area contributed by atoms with E-state index in [9.17, 15) is 8.42 Å². The van der Waals surface area contributed by atoms with Gasteiger partial charge in [0.05, 0.1) is 17.6 Å². The average molecular weight is 157 g/mol. The molecule has 0 radical (unpaired) electrons. The van der Waals surface area contributed by atoms with Gasteiger partial charge in [-0.05, 0) is 12.0 Å². The molecule has 0 aliphatic carbocycles. The van der Waals surface area contributed by atoms with Crippen molar-refractivity contribution in [2.45, 2.75) is 6.42 Å². The maximum atomic E-state index is 10.8. The molecule has 1 saturated heterocycles. The molecule has 0 aromatic rings. The summed E-state index contributed by atoms with van der Waals surface area (Å²) in [7, 11) is -2.84. The van der Waals surface area contributed by atoms with Crippen LogP contribution in [0.1, 0.15) is 6.42 Å². The standard InChI is InChI=1S/C6H7NO2S/c7-3-1-6-2-4-10(8,9)5-6/h1H,2,4-5H2. The number of nitrogens with zero attached hydrogens (tertiary/aromatic N) is 1. The Bertz CT molecular complexity index is 294. The predicted molar refractivity (Wildman–Crippen MR) is 37.0 cm³/mol. The van der Waals surface area contributed by atoms with E-state index in [4.69, 9.17) is 5.26 Å². The molecule has 0 spiro atoms. The molecule has 0 bridgehead atoms. The number of allylic oxidation sites excluding steroid dienone is 1. The van der Waals surface area contributed by atoms with Crippen molar-refractivity contribution in [1.82, 2.24) is 0 Å². The summed E-state index contributed by atoms with van der Waals surface area (Å²) in [4.78, 5) is 0. The molecule has 1 rings (SSSR count). The fraction of sp³-hybridized carbons (Fsp3) is 0.500. The predicted octanol–water partition coefficient (Wildman–Crippen LogP) is 0.255. The zero-order valence-electron chi connectivity index (χ0n) is 5.37. The number of sulfone groups is 1. The van der Waals surface area contributed by atoms with Gasteiger partial charge in [-0.25, -0.2) is 8.42 Å². The molecule has 0 atom stereocenters. The van der Waals surface area contributed by atoms with Crippen molar-refractivity contribution in [2.75, 3.05) is 11.5 Å². The van der Waals surface area contributed by atoms with E-state index in [1.165, 1.54) is 6.08 Å². The maximum Gasteiger partial charge on any atom is 0.154 e. The van der Waals surface area contributed by atoms with Gasteiger partial charge >= 0.3 is 0 Å². The van der Waals surface area contributed by atoms with Gasteiger partial charge < -0.3 is 0 Å². The largest absolute Gasteiger partial charge is 0.228 e. The van der Waals surface area contributed by atoms with Crippen LogP contribution in [0.4, 0.5) is 0 Å². The summed E-state index contributed by atoms with van der Waals surface area (Å²) < 4.78 is 21.5. The molecule has 0 aromatic carbocycles. The van der Waals surface area contributed by atoms with Gasteiger partial charge in [-0.1, -0.05) is 0 Å². The quantitative estimate of drug-likeness (QED) is 0.474. The summed E-state index contributed by atoms with van der Waals surface area (Å²) in [6, 6.07) is 1.82. The molecule has 0 aromatic heterocycles. The van der Waals surface area contributed by atoms with Gasteiger partial charge in [0, 0.05) is 6.08 Å². The van der Waals surface area contributed by atoms with Crippen LogP contribution in [0.2, 0.25) is 0 Å². The normalized spacial score (nSPS) is 26.5. The smallest absolute Gasteiger partial charge is 0.154 e. The molecule has 0 amide bonds. The van der Waals surface area contributed by atoms with Crippen LogP contribution in [0.3, 0.4) is 0 Å². The second kappa shape index (κ2) is 2.43. The third kappa shape index (κ3) is 1.58. The van der Waals surface area contributed by atoms with E-state index in [-0.39, 0.29) is 11.5 Å². The van der Waals surface area contributed by atoms with Crippen LogP contribution in [0.25, 0.3) is 0 Å². The Morgan fingerprint density at radius 3 is 2.70 bits per heavy atom. The highest BCUT2D eigenvalue weighted by Gasteiger charge is 2.21. The minimum Gasteiger partial charge on any atom is -0.228 e. The highest BCUT2D eigenvalue weighted by atomic mass is 32.2. The Kier molecular flexibility index (Phi) is 1.77. The highest BCUT2D eigenvalue weighted by Crippen LogP contribution is 2.16. The monoisotopic (exact) mass is 157 g/mol. The van der Waals surface area contributed by atoms with Gasteiger partial charge in [-0.15, -0.1) is 0 Å². The van der Waals surface area contributed by atoms with Crippen molar-refractivity contribution in [3.63, 3.8) is 0 Å². The van der Waals surface area contributed by atoms with E-state index in [1.807, 2.05) is 6.07 Å². The Morgan fingerprint density at radius 2 is 2.30 bits per heavy atom. The molecule has 0 saturated carbocycles. The van der Waals surface area contributed by atoms with Crippen molar-refractivity contribution < 1.29 is 8.42 Å². The zero-order valence-corrected chi connectivity index (χ0v) is 6.19. The molecule has 1 fully saturated rings. The average Bonchev–Trinajstić information content (AvgIpc) is 2.12. The van der Waals surface area contributed by atoms with Gasteiger partial charge in [0.15, 0.2) is 9.84 Å². The topological polar surface area (TPSA) is 57.9 Å². The summed E-state index contributed by atoms with van der Waals surface area (Å²) in [6.07, 6.45) is 1.86. The summed E-state index contributed by atoms with van der Waals surface area (Å²) in [5, 5.41) is 8.18. The molecule has 3 nitrogen and oxygen atoms in total. The van der Waals surface area contributed by atoms with Gasteiger partial charge in [-0.3, -0.25) is 0 Å². The molecule has 0 unspecified atom stereocenters. The second-order valence-corrected chi connectivity index (χ2v) is 4.46. The zero-order chi connectivity index (χ0) is 7.61. The number of hydrogen-bond acceptors (Lipinski definition) is 3. The minimum atomic E-state index is -2.84. The lowest BCUT2D eigenvalue weighted by atomic mass is 10.2. The van der Waals surface area contributed by atoms with E-state index in [2.05, 4.69) is 0 Å². The molecule has 1 heterocycles.